The number of aliphatic imine (C=N–C) groups is 1. The van der Waals surface area contributed by atoms with Gasteiger partial charge in [0.15, 0.2) is 0 Å². The molecule has 0 saturated heterocycles. The van der Waals surface area contributed by atoms with Gasteiger partial charge in [0.1, 0.15) is 6.33 Å². The quantitative estimate of drug-likeness (QED) is 0.698. The van der Waals surface area contributed by atoms with Gasteiger partial charge in [-0.3, -0.25) is 4.99 Å². The third-order valence-corrected chi connectivity index (χ3v) is 4.85. The van der Waals surface area contributed by atoms with Crippen molar-refractivity contribution in [2.24, 2.45) is 4.99 Å². The van der Waals surface area contributed by atoms with Crippen LogP contribution in [0.3, 0.4) is 0 Å². The van der Waals surface area contributed by atoms with E-state index in [4.69, 9.17) is 0 Å². The third kappa shape index (κ3) is 1.11. The topological polar surface area (TPSA) is 38.1 Å². The molecule has 2 aliphatic heterocycles. The molecule has 0 bridgehead atoms. The Morgan fingerprint density at radius 2 is 2.35 bits per heavy atom. The molecule has 17 heavy (non-hydrogen) atoms. The zero-order valence-corrected chi connectivity index (χ0v) is 9.81. The van der Waals surface area contributed by atoms with Crippen LogP contribution in [0.25, 0.3) is 5.57 Å². The summed E-state index contributed by atoms with van der Waals surface area (Å²) in [5.41, 5.74) is 3.64. The summed E-state index contributed by atoms with van der Waals surface area (Å²) >= 11 is 1.85. The molecular weight excluding hydrogens is 230 g/mol. The van der Waals surface area contributed by atoms with Crippen LogP contribution < -0.4 is 0 Å². The van der Waals surface area contributed by atoms with Gasteiger partial charge < -0.3 is 0 Å². The Labute approximate surface area is 103 Å². The van der Waals surface area contributed by atoms with Crippen molar-refractivity contribution in [3.05, 3.63) is 48.2 Å². The molecule has 0 saturated carbocycles. The standard InChI is InChI=1S/C13H9N3S/c1-2-9-6-14-5-4-13(9)10(3-1)12-11(17-13)7-15-8-16-12/h1-3,5-8H,4H2. The number of fused-ring (bicyclic) bond motifs is 2. The summed E-state index contributed by atoms with van der Waals surface area (Å²) in [7, 11) is 0. The molecule has 4 rings (SSSR count). The molecule has 1 aliphatic carbocycles. The second-order valence-electron chi connectivity index (χ2n) is 4.22. The van der Waals surface area contributed by atoms with E-state index in [9.17, 15) is 0 Å². The lowest BCUT2D eigenvalue weighted by Gasteiger charge is -2.33. The molecule has 0 fully saturated rings. The minimum atomic E-state index is -0.00509. The van der Waals surface area contributed by atoms with E-state index in [1.807, 2.05) is 30.4 Å². The molecule has 1 unspecified atom stereocenters. The smallest absolute Gasteiger partial charge is 0.116 e. The van der Waals surface area contributed by atoms with E-state index in [2.05, 4.69) is 33.2 Å². The van der Waals surface area contributed by atoms with Crippen LogP contribution in [0, 0.1) is 0 Å². The molecular formula is C13H9N3S. The summed E-state index contributed by atoms with van der Waals surface area (Å²) < 4.78 is -0.00509. The average molecular weight is 239 g/mol. The molecule has 0 radical (unpaired) electrons. The second kappa shape index (κ2) is 3.17. The van der Waals surface area contributed by atoms with Crippen LogP contribution in [0.4, 0.5) is 0 Å². The highest BCUT2D eigenvalue weighted by atomic mass is 32.2. The van der Waals surface area contributed by atoms with Crippen molar-refractivity contribution < 1.29 is 0 Å². The van der Waals surface area contributed by atoms with Crippen molar-refractivity contribution in [3.8, 4) is 0 Å². The van der Waals surface area contributed by atoms with Crippen LogP contribution in [-0.4, -0.2) is 20.9 Å². The normalized spacial score (nSPS) is 28.0. The maximum Gasteiger partial charge on any atom is 0.116 e. The molecule has 3 heterocycles. The highest BCUT2D eigenvalue weighted by molar-refractivity contribution is 8.02. The van der Waals surface area contributed by atoms with Crippen LogP contribution in [0.15, 0.2) is 52.4 Å². The molecule has 3 nitrogen and oxygen atoms in total. The van der Waals surface area contributed by atoms with E-state index < -0.39 is 0 Å². The van der Waals surface area contributed by atoms with E-state index >= 15 is 0 Å². The number of hydrogen-bond acceptors (Lipinski definition) is 4. The zero-order chi connectivity index (χ0) is 11.3. The SMILES string of the molecule is C1=CC2=CN=CCC23Sc2cncnc2C3=C1. The van der Waals surface area contributed by atoms with Gasteiger partial charge >= 0.3 is 0 Å². The lowest BCUT2D eigenvalue weighted by Crippen LogP contribution is -2.29. The van der Waals surface area contributed by atoms with Gasteiger partial charge in [-0.2, -0.15) is 0 Å². The van der Waals surface area contributed by atoms with Gasteiger partial charge in [0.25, 0.3) is 0 Å². The lowest BCUT2D eigenvalue weighted by atomic mass is 9.82. The molecule has 1 spiro atoms. The first-order valence-corrected chi connectivity index (χ1v) is 6.32. The van der Waals surface area contributed by atoms with E-state index in [0.717, 1.165) is 12.1 Å². The zero-order valence-electron chi connectivity index (χ0n) is 9.00. The lowest BCUT2D eigenvalue weighted by molar-refractivity contribution is 0.894. The van der Waals surface area contributed by atoms with Crippen LogP contribution in [0.2, 0.25) is 0 Å². The van der Waals surface area contributed by atoms with Gasteiger partial charge in [0.05, 0.1) is 15.3 Å². The molecule has 0 aromatic carbocycles. The highest BCUT2D eigenvalue weighted by Gasteiger charge is 2.47. The molecule has 4 heteroatoms. The Balaban J connectivity index is 1.99. The largest absolute Gasteiger partial charge is 0.269 e. The summed E-state index contributed by atoms with van der Waals surface area (Å²) in [6.45, 7) is 0. The Hall–Kier alpha value is -1.68. The highest BCUT2D eigenvalue weighted by Crippen LogP contribution is 2.58. The van der Waals surface area contributed by atoms with E-state index in [1.54, 1.807) is 6.33 Å². The van der Waals surface area contributed by atoms with Crippen molar-refractivity contribution in [2.75, 3.05) is 0 Å². The fourth-order valence-electron chi connectivity index (χ4n) is 2.57. The number of allylic oxidation sites excluding steroid dienone is 3. The predicted molar refractivity (Wildman–Crippen MR) is 68.9 cm³/mol. The van der Waals surface area contributed by atoms with E-state index in [-0.39, 0.29) is 4.75 Å². The average Bonchev–Trinajstić information content (AvgIpc) is 2.71. The Morgan fingerprint density at radius 3 is 3.35 bits per heavy atom. The summed E-state index contributed by atoms with van der Waals surface area (Å²) in [4.78, 5) is 14.0. The Morgan fingerprint density at radius 1 is 1.35 bits per heavy atom. The third-order valence-electron chi connectivity index (χ3n) is 3.36. The first kappa shape index (κ1) is 9.36. The molecule has 1 aromatic rings. The number of rotatable bonds is 0. The van der Waals surface area contributed by atoms with Gasteiger partial charge in [-0.05, 0) is 5.57 Å². The maximum atomic E-state index is 4.42. The monoisotopic (exact) mass is 239 g/mol. The van der Waals surface area contributed by atoms with Gasteiger partial charge in [-0.15, -0.1) is 11.8 Å². The predicted octanol–water partition coefficient (Wildman–Crippen LogP) is 2.63. The van der Waals surface area contributed by atoms with Crippen LogP contribution in [0.1, 0.15) is 12.1 Å². The van der Waals surface area contributed by atoms with Crippen molar-refractivity contribution in [1.82, 2.24) is 9.97 Å². The van der Waals surface area contributed by atoms with Gasteiger partial charge in [-0.25, -0.2) is 9.97 Å². The van der Waals surface area contributed by atoms with E-state index in [0.29, 0.717) is 0 Å². The van der Waals surface area contributed by atoms with Crippen molar-refractivity contribution in [2.45, 2.75) is 16.1 Å². The van der Waals surface area contributed by atoms with Gasteiger partial charge in [0, 0.05) is 30.6 Å². The Kier molecular flexibility index (Phi) is 1.74. The molecule has 1 atom stereocenters. The maximum absolute atomic E-state index is 4.42. The van der Waals surface area contributed by atoms with Crippen molar-refractivity contribution >= 4 is 23.5 Å². The minimum absolute atomic E-state index is 0.00509. The summed E-state index contributed by atoms with van der Waals surface area (Å²) in [5, 5.41) is 0. The first-order chi connectivity index (χ1) is 8.40. The number of aromatic nitrogens is 2. The van der Waals surface area contributed by atoms with Gasteiger partial charge in [0.2, 0.25) is 0 Å². The van der Waals surface area contributed by atoms with Crippen molar-refractivity contribution in [1.29, 1.82) is 0 Å². The molecule has 0 N–H and O–H groups in total. The molecule has 3 aliphatic rings. The second-order valence-corrected chi connectivity index (χ2v) is 5.57. The van der Waals surface area contributed by atoms with Crippen LogP contribution in [0.5, 0.6) is 0 Å². The molecule has 0 amide bonds. The number of hydrogen-bond donors (Lipinski definition) is 0. The van der Waals surface area contributed by atoms with Crippen molar-refractivity contribution in [3.63, 3.8) is 0 Å². The molecule has 1 aromatic heterocycles. The minimum Gasteiger partial charge on any atom is -0.269 e. The summed E-state index contributed by atoms with van der Waals surface area (Å²) in [6, 6.07) is 0. The fourth-order valence-corrected chi connectivity index (χ4v) is 3.99. The summed E-state index contributed by atoms with van der Waals surface area (Å²) in [6.07, 6.45) is 14.8. The first-order valence-electron chi connectivity index (χ1n) is 5.51. The fraction of sp³-hybridized carbons (Fsp3) is 0.154. The van der Waals surface area contributed by atoms with Crippen LogP contribution >= 0.6 is 11.8 Å². The number of nitrogens with zero attached hydrogens (tertiary/aromatic N) is 3. The molecule has 82 valence electrons. The number of thioether (sulfide) groups is 1. The summed E-state index contributed by atoms with van der Waals surface area (Å²) in [5.74, 6) is 0. The van der Waals surface area contributed by atoms with Crippen LogP contribution in [-0.2, 0) is 0 Å². The van der Waals surface area contributed by atoms with E-state index in [1.165, 1.54) is 16.0 Å². The Bertz CT molecular complexity index is 627. The van der Waals surface area contributed by atoms with Gasteiger partial charge in [-0.1, -0.05) is 18.2 Å².